The first-order chi connectivity index (χ1) is 8.41. The molecule has 1 N–H and O–H groups in total. The molecular formula is C12H10Cl2N2O2. The molecule has 0 fully saturated rings. The minimum absolute atomic E-state index is 0.186. The number of benzene rings is 1. The molecule has 4 nitrogen and oxygen atoms in total. The van der Waals surface area contributed by atoms with E-state index in [2.05, 4.69) is 5.10 Å². The Balaban J connectivity index is 2.69. The lowest BCUT2D eigenvalue weighted by Crippen LogP contribution is -2.03. The van der Waals surface area contributed by atoms with Gasteiger partial charge in [0.15, 0.2) is 0 Å². The van der Waals surface area contributed by atoms with E-state index in [0.717, 1.165) is 0 Å². The molecule has 2 aromatic rings. The standard InChI is InChI=1S/C12H10Cl2N2O2/c1-6-11(12(17)18)7(2)16(15-6)10-5-8(13)3-4-9(10)14/h3-5H,1-2H3,(H,17,18). The summed E-state index contributed by atoms with van der Waals surface area (Å²) in [5.41, 5.74) is 1.71. The van der Waals surface area contributed by atoms with E-state index in [1.165, 1.54) is 4.68 Å². The Morgan fingerprint density at radius 1 is 1.33 bits per heavy atom. The van der Waals surface area contributed by atoms with Crippen LogP contribution in [0.5, 0.6) is 0 Å². The number of aromatic nitrogens is 2. The van der Waals surface area contributed by atoms with Crippen LogP contribution in [-0.4, -0.2) is 20.9 Å². The van der Waals surface area contributed by atoms with E-state index < -0.39 is 5.97 Å². The molecule has 1 aromatic carbocycles. The Morgan fingerprint density at radius 2 is 2.00 bits per heavy atom. The zero-order valence-corrected chi connectivity index (χ0v) is 11.2. The van der Waals surface area contributed by atoms with E-state index in [9.17, 15) is 4.79 Å². The van der Waals surface area contributed by atoms with Crippen molar-refractivity contribution in [2.24, 2.45) is 0 Å². The second kappa shape index (κ2) is 4.63. The van der Waals surface area contributed by atoms with Gasteiger partial charge in [-0.1, -0.05) is 23.2 Å². The number of aromatic carboxylic acids is 1. The molecule has 0 bridgehead atoms. The third-order valence-electron chi connectivity index (χ3n) is 2.64. The third kappa shape index (κ3) is 2.09. The number of hydrogen-bond donors (Lipinski definition) is 1. The van der Waals surface area contributed by atoms with Crippen LogP contribution in [0.4, 0.5) is 0 Å². The van der Waals surface area contributed by atoms with Crippen molar-refractivity contribution in [3.05, 3.63) is 45.2 Å². The highest BCUT2D eigenvalue weighted by Gasteiger charge is 2.19. The molecule has 94 valence electrons. The van der Waals surface area contributed by atoms with Crippen LogP contribution < -0.4 is 0 Å². The van der Waals surface area contributed by atoms with Gasteiger partial charge >= 0.3 is 5.97 Å². The Kier molecular flexibility index (Phi) is 3.32. The molecule has 18 heavy (non-hydrogen) atoms. The van der Waals surface area contributed by atoms with Crippen molar-refractivity contribution in [3.63, 3.8) is 0 Å². The Labute approximate surface area is 114 Å². The van der Waals surface area contributed by atoms with E-state index >= 15 is 0 Å². The van der Waals surface area contributed by atoms with Gasteiger partial charge in [-0.15, -0.1) is 0 Å². The summed E-state index contributed by atoms with van der Waals surface area (Å²) in [5, 5.41) is 14.3. The minimum Gasteiger partial charge on any atom is -0.478 e. The number of rotatable bonds is 2. The van der Waals surface area contributed by atoms with E-state index in [1.54, 1.807) is 32.0 Å². The molecule has 1 aromatic heterocycles. The lowest BCUT2D eigenvalue weighted by Gasteiger charge is -2.07. The van der Waals surface area contributed by atoms with Crippen molar-refractivity contribution in [2.45, 2.75) is 13.8 Å². The summed E-state index contributed by atoms with van der Waals surface area (Å²) in [4.78, 5) is 11.1. The maximum Gasteiger partial charge on any atom is 0.339 e. The minimum atomic E-state index is -1.01. The fourth-order valence-electron chi connectivity index (χ4n) is 1.83. The Bertz CT molecular complexity index is 635. The summed E-state index contributed by atoms with van der Waals surface area (Å²) in [7, 11) is 0. The van der Waals surface area contributed by atoms with Gasteiger partial charge in [-0.05, 0) is 32.0 Å². The van der Waals surface area contributed by atoms with Crippen LogP contribution in [0, 0.1) is 13.8 Å². The van der Waals surface area contributed by atoms with Crippen molar-refractivity contribution in [2.75, 3.05) is 0 Å². The zero-order valence-electron chi connectivity index (χ0n) is 9.74. The number of hydrogen-bond acceptors (Lipinski definition) is 2. The SMILES string of the molecule is Cc1nn(-c2cc(Cl)ccc2Cl)c(C)c1C(=O)O. The van der Waals surface area contributed by atoms with E-state index in [-0.39, 0.29) is 5.56 Å². The number of carboxylic acids is 1. The number of carbonyl (C=O) groups is 1. The predicted octanol–water partition coefficient (Wildman–Crippen LogP) is 3.49. The quantitative estimate of drug-likeness (QED) is 0.918. The van der Waals surface area contributed by atoms with Crippen molar-refractivity contribution >= 4 is 29.2 Å². The molecule has 0 radical (unpaired) electrons. The van der Waals surface area contributed by atoms with Crippen molar-refractivity contribution < 1.29 is 9.90 Å². The molecule has 0 saturated carbocycles. The van der Waals surface area contributed by atoms with Gasteiger partial charge in [0.25, 0.3) is 0 Å². The molecule has 0 unspecified atom stereocenters. The second-order valence-corrected chi connectivity index (χ2v) is 4.70. The van der Waals surface area contributed by atoms with Gasteiger partial charge in [0.05, 0.1) is 22.1 Å². The van der Waals surface area contributed by atoms with Gasteiger partial charge in [0.1, 0.15) is 5.56 Å². The molecule has 0 saturated heterocycles. The first-order valence-corrected chi connectivity index (χ1v) is 5.92. The van der Waals surface area contributed by atoms with E-state index in [4.69, 9.17) is 28.3 Å². The molecular weight excluding hydrogens is 275 g/mol. The average molecular weight is 285 g/mol. The third-order valence-corrected chi connectivity index (χ3v) is 3.20. The smallest absolute Gasteiger partial charge is 0.339 e. The predicted molar refractivity (Wildman–Crippen MR) is 70.0 cm³/mol. The van der Waals surface area contributed by atoms with E-state index in [1.807, 2.05) is 0 Å². The topological polar surface area (TPSA) is 55.1 Å². The van der Waals surface area contributed by atoms with Crippen LogP contribution in [-0.2, 0) is 0 Å². The van der Waals surface area contributed by atoms with Gasteiger partial charge in [-0.3, -0.25) is 0 Å². The molecule has 0 aliphatic carbocycles. The average Bonchev–Trinajstić information content (AvgIpc) is 2.57. The summed E-state index contributed by atoms with van der Waals surface area (Å²) in [5.74, 6) is -1.01. The lowest BCUT2D eigenvalue weighted by molar-refractivity contribution is 0.0695. The summed E-state index contributed by atoms with van der Waals surface area (Å²) < 4.78 is 1.49. The zero-order chi connectivity index (χ0) is 13.4. The largest absolute Gasteiger partial charge is 0.478 e. The van der Waals surface area contributed by atoms with Crippen molar-refractivity contribution in [1.82, 2.24) is 9.78 Å². The van der Waals surface area contributed by atoms with Crippen LogP contribution in [0.3, 0.4) is 0 Å². The van der Waals surface area contributed by atoms with Crippen molar-refractivity contribution in [3.8, 4) is 5.69 Å². The first kappa shape index (κ1) is 12.9. The van der Waals surface area contributed by atoms with E-state index in [0.29, 0.717) is 27.1 Å². The maximum absolute atomic E-state index is 11.1. The molecule has 0 atom stereocenters. The van der Waals surface area contributed by atoms with Gasteiger partial charge in [-0.2, -0.15) is 5.10 Å². The second-order valence-electron chi connectivity index (χ2n) is 3.86. The van der Waals surface area contributed by atoms with Crippen LogP contribution in [0.25, 0.3) is 5.69 Å². The number of halogens is 2. The fourth-order valence-corrected chi connectivity index (χ4v) is 2.20. The summed E-state index contributed by atoms with van der Waals surface area (Å²) >= 11 is 12.0. The molecule has 0 aliphatic heterocycles. The Hall–Kier alpha value is -1.52. The highest BCUT2D eigenvalue weighted by atomic mass is 35.5. The lowest BCUT2D eigenvalue weighted by atomic mass is 10.2. The molecule has 1 heterocycles. The van der Waals surface area contributed by atoms with Crippen molar-refractivity contribution in [1.29, 1.82) is 0 Å². The monoisotopic (exact) mass is 284 g/mol. The van der Waals surface area contributed by atoms with Crippen LogP contribution in [0.1, 0.15) is 21.7 Å². The molecule has 0 spiro atoms. The van der Waals surface area contributed by atoms with Gasteiger partial charge in [0.2, 0.25) is 0 Å². The number of carboxylic acid groups (broad SMARTS) is 1. The van der Waals surface area contributed by atoms with Crippen LogP contribution >= 0.6 is 23.2 Å². The first-order valence-electron chi connectivity index (χ1n) is 5.16. The summed E-state index contributed by atoms with van der Waals surface area (Å²) in [6.07, 6.45) is 0. The van der Waals surface area contributed by atoms with Crippen LogP contribution in [0.2, 0.25) is 10.0 Å². The highest BCUT2D eigenvalue weighted by Crippen LogP contribution is 2.26. The van der Waals surface area contributed by atoms with Gasteiger partial charge < -0.3 is 5.11 Å². The molecule has 0 aliphatic rings. The summed E-state index contributed by atoms with van der Waals surface area (Å²) in [6.45, 7) is 3.33. The van der Waals surface area contributed by atoms with Gasteiger partial charge in [0, 0.05) is 5.02 Å². The number of aryl methyl sites for hydroxylation is 1. The highest BCUT2D eigenvalue weighted by molar-refractivity contribution is 6.34. The summed E-state index contributed by atoms with van der Waals surface area (Å²) in [6, 6.07) is 4.96. The van der Waals surface area contributed by atoms with Crippen LogP contribution in [0.15, 0.2) is 18.2 Å². The maximum atomic E-state index is 11.1. The fraction of sp³-hybridized carbons (Fsp3) is 0.167. The molecule has 2 rings (SSSR count). The molecule has 0 amide bonds. The van der Waals surface area contributed by atoms with Gasteiger partial charge in [-0.25, -0.2) is 9.48 Å². The normalized spacial score (nSPS) is 10.7. The number of nitrogens with zero attached hydrogens (tertiary/aromatic N) is 2. The molecule has 6 heteroatoms. The Morgan fingerprint density at radius 3 is 2.56 bits per heavy atom.